The van der Waals surface area contributed by atoms with Crippen molar-refractivity contribution in [3.63, 3.8) is 0 Å². The highest BCUT2D eigenvalue weighted by molar-refractivity contribution is 6.08. The van der Waals surface area contributed by atoms with Gasteiger partial charge in [0, 0.05) is 29.0 Å². The lowest BCUT2D eigenvalue weighted by Crippen LogP contribution is -2.35. The monoisotopic (exact) mass is 370 g/mol. The normalized spacial score (nSPS) is 13.0. The summed E-state index contributed by atoms with van der Waals surface area (Å²) in [6.07, 6.45) is 1.79. The van der Waals surface area contributed by atoms with Gasteiger partial charge in [0.15, 0.2) is 0 Å². The van der Waals surface area contributed by atoms with Crippen molar-refractivity contribution in [2.24, 2.45) is 0 Å². The van der Waals surface area contributed by atoms with Crippen LogP contribution >= 0.6 is 0 Å². The van der Waals surface area contributed by atoms with Gasteiger partial charge in [-0.05, 0) is 67.3 Å². The number of fused-ring (bicyclic) bond motifs is 1. The van der Waals surface area contributed by atoms with Crippen LogP contribution in [0.25, 0.3) is 0 Å². The Morgan fingerprint density at radius 1 is 0.929 bits per heavy atom. The SMILES string of the molecule is Cc1ccccc1C(=O)Nc1ccc2c(c1)CCCN2C(=O)c1ccccc1. The molecule has 3 aromatic rings. The number of aryl methyl sites for hydroxylation is 2. The van der Waals surface area contributed by atoms with E-state index in [0.29, 0.717) is 17.7 Å². The van der Waals surface area contributed by atoms with Crippen molar-refractivity contribution in [3.8, 4) is 0 Å². The molecule has 0 fully saturated rings. The van der Waals surface area contributed by atoms with Crippen molar-refractivity contribution in [1.82, 2.24) is 0 Å². The number of rotatable bonds is 3. The summed E-state index contributed by atoms with van der Waals surface area (Å²) in [5, 5.41) is 2.98. The Morgan fingerprint density at radius 3 is 2.46 bits per heavy atom. The molecule has 0 aromatic heterocycles. The molecule has 1 N–H and O–H groups in total. The number of carbonyl (C=O) groups excluding carboxylic acids is 2. The van der Waals surface area contributed by atoms with Gasteiger partial charge in [0.25, 0.3) is 11.8 Å². The zero-order valence-corrected chi connectivity index (χ0v) is 15.8. The Morgan fingerprint density at radius 2 is 1.68 bits per heavy atom. The summed E-state index contributed by atoms with van der Waals surface area (Å²) in [5.41, 5.74) is 5.05. The molecule has 1 heterocycles. The summed E-state index contributed by atoms with van der Waals surface area (Å²) in [6, 6.07) is 22.7. The van der Waals surface area contributed by atoms with Crippen LogP contribution in [0.15, 0.2) is 72.8 Å². The number of anilines is 2. The Bertz CT molecular complexity index is 1030. The number of hydrogen-bond acceptors (Lipinski definition) is 2. The van der Waals surface area contributed by atoms with E-state index in [1.54, 1.807) is 0 Å². The fourth-order valence-corrected chi connectivity index (χ4v) is 3.65. The molecule has 0 saturated heterocycles. The molecule has 1 aliphatic heterocycles. The van der Waals surface area contributed by atoms with Crippen LogP contribution in [-0.2, 0) is 6.42 Å². The first kappa shape index (κ1) is 18.0. The smallest absolute Gasteiger partial charge is 0.258 e. The second-order valence-electron chi connectivity index (χ2n) is 7.04. The van der Waals surface area contributed by atoms with Gasteiger partial charge in [0.05, 0.1) is 0 Å². The van der Waals surface area contributed by atoms with E-state index in [-0.39, 0.29) is 11.8 Å². The predicted octanol–water partition coefficient (Wildman–Crippen LogP) is 4.84. The number of benzene rings is 3. The van der Waals surface area contributed by atoms with E-state index >= 15 is 0 Å². The Balaban J connectivity index is 1.58. The molecule has 1 aliphatic rings. The second kappa shape index (κ2) is 7.69. The first-order chi connectivity index (χ1) is 13.6. The molecule has 0 bridgehead atoms. The van der Waals surface area contributed by atoms with Gasteiger partial charge in [-0.2, -0.15) is 0 Å². The Labute approximate surface area is 164 Å². The average Bonchev–Trinajstić information content (AvgIpc) is 2.73. The van der Waals surface area contributed by atoms with Crippen molar-refractivity contribution in [2.45, 2.75) is 19.8 Å². The summed E-state index contributed by atoms with van der Waals surface area (Å²) < 4.78 is 0. The highest BCUT2D eigenvalue weighted by Crippen LogP contribution is 2.31. The third-order valence-electron chi connectivity index (χ3n) is 5.11. The van der Waals surface area contributed by atoms with Crippen molar-refractivity contribution in [1.29, 1.82) is 0 Å². The van der Waals surface area contributed by atoms with E-state index in [2.05, 4.69) is 5.32 Å². The lowest BCUT2D eigenvalue weighted by molar-refractivity contribution is 0.0983. The quantitative estimate of drug-likeness (QED) is 0.717. The molecule has 0 unspecified atom stereocenters. The van der Waals surface area contributed by atoms with E-state index in [4.69, 9.17) is 0 Å². The minimum atomic E-state index is -0.119. The predicted molar refractivity (Wildman–Crippen MR) is 112 cm³/mol. The van der Waals surface area contributed by atoms with Gasteiger partial charge in [-0.15, -0.1) is 0 Å². The summed E-state index contributed by atoms with van der Waals surface area (Å²) in [7, 11) is 0. The van der Waals surface area contributed by atoms with Gasteiger partial charge in [-0.25, -0.2) is 0 Å². The molecule has 0 atom stereocenters. The maximum atomic E-state index is 12.9. The molecule has 2 amide bonds. The highest BCUT2D eigenvalue weighted by atomic mass is 16.2. The van der Waals surface area contributed by atoms with Crippen molar-refractivity contribution >= 4 is 23.2 Å². The first-order valence-corrected chi connectivity index (χ1v) is 9.50. The number of amides is 2. The summed E-state index contributed by atoms with van der Waals surface area (Å²) >= 11 is 0. The van der Waals surface area contributed by atoms with E-state index in [9.17, 15) is 9.59 Å². The number of nitrogens with zero attached hydrogens (tertiary/aromatic N) is 1. The highest BCUT2D eigenvalue weighted by Gasteiger charge is 2.24. The van der Waals surface area contributed by atoms with Crippen LogP contribution < -0.4 is 10.2 Å². The maximum Gasteiger partial charge on any atom is 0.258 e. The van der Waals surface area contributed by atoms with Crippen LogP contribution in [0.5, 0.6) is 0 Å². The van der Waals surface area contributed by atoms with Gasteiger partial charge < -0.3 is 10.2 Å². The second-order valence-corrected chi connectivity index (χ2v) is 7.04. The van der Waals surface area contributed by atoms with E-state index < -0.39 is 0 Å². The van der Waals surface area contributed by atoms with Crippen LogP contribution in [0.1, 0.15) is 38.3 Å². The van der Waals surface area contributed by atoms with Crippen LogP contribution in [0.4, 0.5) is 11.4 Å². The van der Waals surface area contributed by atoms with E-state index in [1.807, 2.05) is 84.6 Å². The fourth-order valence-electron chi connectivity index (χ4n) is 3.65. The number of hydrogen-bond donors (Lipinski definition) is 1. The van der Waals surface area contributed by atoms with Crippen molar-refractivity contribution in [3.05, 3.63) is 95.1 Å². The van der Waals surface area contributed by atoms with Gasteiger partial charge in [-0.3, -0.25) is 9.59 Å². The molecule has 0 aliphatic carbocycles. The third-order valence-corrected chi connectivity index (χ3v) is 5.11. The van der Waals surface area contributed by atoms with Crippen LogP contribution in [-0.4, -0.2) is 18.4 Å². The van der Waals surface area contributed by atoms with E-state index in [0.717, 1.165) is 35.3 Å². The number of nitrogens with one attached hydrogen (secondary N) is 1. The van der Waals surface area contributed by atoms with Crippen LogP contribution in [0.2, 0.25) is 0 Å². The molecular formula is C24H22N2O2. The Hall–Kier alpha value is -3.40. The molecule has 0 spiro atoms. The first-order valence-electron chi connectivity index (χ1n) is 9.50. The largest absolute Gasteiger partial charge is 0.322 e. The standard InChI is InChI=1S/C24H22N2O2/c1-17-8-5-6-12-21(17)23(27)25-20-13-14-22-19(16-20)11-7-15-26(22)24(28)18-9-3-2-4-10-18/h2-6,8-10,12-14,16H,7,11,15H2,1H3,(H,25,27). The molecule has 28 heavy (non-hydrogen) atoms. The molecule has 3 aromatic carbocycles. The van der Waals surface area contributed by atoms with Gasteiger partial charge in [-0.1, -0.05) is 36.4 Å². The lowest BCUT2D eigenvalue weighted by Gasteiger charge is -2.30. The third kappa shape index (κ3) is 3.54. The number of carbonyl (C=O) groups is 2. The zero-order chi connectivity index (χ0) is 19.5. The maximum absolute atomic E-state index is 12.9. The van der Waals surface area contributed by atoms with Crippen molar-refractivity contribution in [2.75, 3.05) is 16.8 Å². The molecule has 140 valence electrons. The van der Waals surface area contributed by atoms with Gasteiger partial charge in [0.2, 0.25) is 0 Å². The molecule has 4 rings (SSSR count). The lowest BCUT2D eigenvalue weighted by atomic mass is 9.99. The zero-order valence-electron chi connectivity index (χ0n) is 15.8. The average molecular weight is 370 g/mol. The topological polar surface area (TPSA) is 49.4 Å². The fraction of sp³-hybridized carbons (Fsp3) is 0.167. The summed E-state index contributed by atoms with van der Waals surface area (Å²) in [6.45, 7) is 2.63. The molecule has 0 saturated carbocycles. The van der Waals surface area contributed by atoms with Crippen LogP contribution in [0.3, 0.4) is 0 Å². The molecule has 4 heteroatoms. The minimum Gasteiger partial charge on any atom is -0.322 e. The van der Waals surface area contributed by atoms with E-state index in [1.165, 1.54) is 0 Å². The molecule has 4 nitrogen and oxygen atoms in total. The van der Waals surface area contributed by atoms with Gasteiger partial charge >= 0.3 is 0 Å². The Kier molecular flexibility index (Phi) is 4.94. The van der Waals surface area contributed by atoms with Gasteiger partial charge in [0.1, 0.15) is 0 Å². The molecule has 0 radical (unpaired) electrons. The molecular weight excluding hydrogens is 348 g/mol. The van der Waals surface area contributed by atoms with Crippen molar-refractivity contribution < 1.29 is 9.59 Å². The summed E-state index contributed by atoms with van der Waals surface area (Å²) in [4.78, 5) is 27.3. The summed E-state index contributed by atoms with van der Waals surface area (Å²) in [5.74, 6) is -0.107. The van der Waals surface area contributed by atoms with Crippen LogP contribution in [0, 0.1) is 6.92 Å². The minimum absolute atomic E-state index is 0.0123.